The molecule has 1 aliphatic heterocycles. The number of carbonyl (C=O) groups excluding carboxylic acids is 1. The molecule has 1 heterocycles. The number of anilines is 1. The first kappa shape index (κ1) is 17.4. The average molecular weight is 330 g/mol. The summed E-state index contributed by atoms with van der Waals surface area (Å²) in [6.45, 7) is 5.85. The summed E-state index contributed by atoms with van der Waals surface area (Å²) in [4.78, 5) is 12.3. The molecule has 2 N–H and O–H groups in total. The van der Waals surface area contributed by atoms with Crippen LogP contribution in [0.25, 0.3) is 0 Å². The van der Waals surface area contributed by atoms with Crippen molar-refractivity contribution in [1.82, 2.24) is 5.32 Å². The molecular formula is C20H30N2O2. The minimum Gasteiger partial charge on any atom is -0.376 e. The van der Waals surface area contributed by atoms with E-state index in [1.807, 2.05) is 18.2 Å². The van der Waals surface area contributed by atoms with Crippen LogP contribution in [0.2, 0.25) is 0 Å². The average Bonchev–Trinajstić information content (AvgIpc) is 3.40. The maximum absolute atomic E-state index is 12.3. The van der Waals surface area contributed by atoms with Gasteiger partial charge in [0, 0.05) is 18.7 Å². The van der Waals surface area contributed by atoms with Crippen LogP contribution in [-0.4, -0.2) is 25.6 Å². The molecule has 0 aromatic heterocycles. The van der Waals surface area contributed by atoms with Crippen molar-refractivity contribution in [2.45, 2.75) is 45.6 Å². The van der Waals surface area contributed by atoms with Crippen LogP contribution in [0.4, 0.5) is 5.69 Å². The second-order valence-corrected chi connectivity index (χ2v) is 7.49. The summed E-state index contributed by atoms with van der Waals surface area (Å²) in [5.74, 6) is 1.93. The van der Waals surface area contributed by atoms with Gasteiger partial charge in [-0.05, 0) is 74.2 Å². The number of nitrogens with one attached hydrogen (secondary N) is 2. The summed E-state index contributed by atoms with van der Waals surface area (Å²) in [5, 5.41) is 6.48. The Balaban J connectivity index is 1.44. The highest BCUT2D eigenvalue weighted by Crippen LogP contribution is 2.29. The van der Waals surface area contributed by atoms with Gasteiger partial charge < -0.3 is 15.4 Å². The molecule has 1 aliphatic carbocycles. The van der Waals surface area contributed by atoms with Crippen LogP contribution in [-0.2, 0) is 16.1 Å². The molecule has 4 heteroatoms. The fourth-order valence-corrected chi connectivity index (χ4v) is 3.40. The molecule has 2 unspecified atom stereocenters. The molecule has 0 radical (unpaired) electrons. The largest absolute Gasteiger partial charge is 0.376 e. The number of piperidine rings is 1. The first-order chi connectivity index (χ1) is 11.7. The van der Waals surface area contributed by atoms with E-state index in [0.717, 1.165) is 36.9 Å². The van der Waals surface area contributed by atoms with Crippen LogP contribution in [0.1, 0.15) is 44.6 Å². The Labute approximate surface area is 145 Å². The number of ether oxygens (including phenoxy) is 1. The topological polar surface area (TPSA) is 50.4 Å². The predicted molar refractivity (Wildman–Crippen MR) is 96.8 cm³/mol. The van der Waals surface area contributed by atoms with Gasteiger partial charge in [0.2, 0.25) is 5.91 Å². The molecule has 1 saturated carbocycles. The number of carbonyl (C=O) groups is 1. The fourth-order valence-electron chi connectivity index (χ4n) is 3.40. The lowest BCUT2D eigenvalue weighted by Gasteiger charge is -2.28. The first-order valence-corrected chi connectivity index (χ1v) is 9.38. The monoisotopic (exact) mass is 330 g/mol. The summed E-state index contributed by atoms with van der Waals surface area (Å²) < 4.78 is 5.73. The molecule has 24 heavy (non-hydrogen) atoms. The third-order valence-corrected chi connectivity index (χ3v) is 5.18. The van der Waals surface area contributed by atoms with Crippen LogP contribution in [0.5, 0.6) is 0 Å². The molecule has 3 rings (SSSR count). The van der Waals surface area contributed by atoms with E-state index in [1.165, 1.54) is 25.7 Å². The third-order valence-electron chi connectivity index (χ3n) is 5.18. The molecular weight excluding hydrogens is 300 g/mol. The highest BCUT2D eigenvalue weighted by atomic mass is 16.5. The normalized spacial score (nSPS) is 22.1. The smallest absolute Gasteiger partial charge is 0.224 e. The minimum atomic E-state index is 0.115. The van der Waals surface area contributed by atoms with Crippen molar-refractivity contribution in [3.8, 4) is 0 Å². The Morgan fingerprint density at radius 3 is 3.00 bits per heavy atom. The van der Waals surface area contributed by atoms with Crippen molar-refractivity contribution >= 4 is 11.6 Å². The Morgan fingerprint density at radius 1 is 1.38 bits per heavy atom. The van der Waals surface area contributed by atoms with E-state index < -0.39 is 0 Å². The van der Waals surface area contributed by atoms with E-state index in [9.17, 15) is 4.79 Å². The van der Waals surface area contributed by atoms with E-state index in [-0.39, 0.29) is 5.91 Å². The molecule has 0 bridgehead atoms. The minimum absolute atomic E-state index is 0.115. The van der Waals surface area contributed by atoms with E-state index in [1.54, 1.807) is 0 Å². The first-order valence-electron chi connectivity index (χ1n) is 9.38. The second kappa shape index (κ2) is 8.63. The van der Waals surface area contributed by atoms with Gasteiger partial charge in [-0.15, -0.1) is 0 Å². The number of rotatable bonds is 8. The van der Waals surface area contributed by atoms with Crippen LogP contribution in [0, 0.1) is 17.8 Å². The van der Waals surface area contributed by atoms with Gasteiger partial charge in [-0.2, -0.15) is 0 Å². The number of benzene rings is 1. The Morgan fingerprint density at radius 2 is 2.25 bits per heavy atom. The highest BCUT2D eigenvalue weighted by molar-refractivity contribution is 5.90. The van der Waals surface area contributed by atoms with Crippen molar-refractivity contribution < 1.29 is 9.53 Å². The van der Waals surface area contributed by atoms with Crippen molar-refractivity contribution in [2.75, 3.05) is 25.0 Å². The highest BCUT2D eigenvalue weighted by Gasteiger charge is 2.22. The Hall–Kier alpha value is -1.39. The zero-order chi connectivity index (χ0) is 16.8. The van der Waals surface area contributed by atoms with Crippen LogP contribution < -0.4 is 10.6 Å². The summed E-state index contributed by atoms with van der Waals surface area (Å²) >= 11 is 0. The van der Waals surface area contributed by atoms with Crippen LogP contribution in [0.3, 0.4) is 0 Å². The van der Waals surface area contributed by atoms with Crippen LogP contribution >= 0.6 is 0 Å². The van der Waals surface area contributed by atoms with E-state index in [2.05, 4.69) is 23.6 Å². The molecule has 2 fully saturated rings. The second-order valence-electron chi connectivity index (χ2n) is 7.49. The zero-order valence-corrected chi connectivity index (χ0v) is 14.7. The molecule has 1 aromatic carbocycles. The number of amides is 1. The number of hydrogen-bond donors (Lipinski definition) is 2. The Kier molecular flexibility index (Phi) is 6.27. The lowest BCUT2D eigenvalue weighted by molar-refractivity contribution is -0.117. The van der Waals surface area contributed by atoms with Crippen molar-refractivity contribution in [3.05, 3.63) is 29.8 Å². The van der Waals surface area contributed by atoms with Gasteiger partial charge >= 0.3 is 0 Å². The van der Waals surface area contributed by atoms with Crippen molar-refractivity contribution in [1.29, 1.82) is 0 Å². The van der Waals surface area contributed by atoms with Crippen molar-refractivity contribution in [3.63, 3.8) is 0 Å². The quantitative estimate of drug-likeness (QED) is 0.766. The summed E-state index contributed by atoms with van der Waals surface area (Å²) in [5.41, 5.74) is 2.00. The lowest BCUT2D eigenvalue weighted by atomic mass is 9.85. The van der Waals surface area contributed by atoms with E-state index in [0.29, 0.717) is 24.9 Å². The van der Waals surface area contributed by atoms with E-state index >= 15 is 0 Å². The standard InChI is InChI=1S/C20H30N2O2/c1-15(18-5-3-9-21-12-18)10-20(23)22-19-6-2-4-17(11-19)14-24-13-16-7-8-16/h2,4,6,11,15-16,18,21H,3,5,7-10,12-14H2,1H3,(H,22,23). The molecule has 1 aromatic rings. The summed E-state index contributed by atoms with van der Waals surface area (Å²) in [6.07, 6.45) is 5.67. The molecule has 2 atom stereocenters. The fraction of sp³-hybridized carbons (Fsp3) is 0.650. The molecule has 4 nitrogen and oxygen atoms in total. The summed E-state index contributed by atoms with van der Waals surface area (Å²) in [7, 11) is 0. The van der Waals surface area contributed by atoms with Gasteiger partial charge in [0.15, 0.2) is 0 Å². The molecule has 1 saturated heterocycles. The molecule has 132 valence electrons. The summed E-state index contributed by atoms with van der Waals surface area (Å²) in [6, 6.07) is 8.02. The van der Waals surface area contributed by atoms with Gasteiger partial charge in [-0.25, -0.2) is 0 Å². The zero-order valence-electron chi connectivity index (χ0n) is 14.7. The molecule has 0 spiro atoms. The van der Waals surface area contributed by atoms with Gasteiger partial charge in [-0.1, -0.05) is 19.1 Å². The SMILES string of the molecule is CC(CC(=O)Nc1cccc(COCC2CC2)c1)C1CCCNC1. The molecule has 1 amide bonds. The molecule has 2 aliphatic rings. The number of hydrogen-bond acceptors (Lipinski definition) is 3. The van der Waals surface area contributed by atoms with E-state index in [4.69, 9.17) is 4.74 Å². The predicted octanol–water partition coefficient (Wildman–Crippen LogP) is 3.58. The van der Waals surface area contributed by atoms with Gasteiger partial charge in [-0.3, -0.25) is 4.79 Å². The lowest BCUT2D eigenvalue weighted by Crippen LogP contribution is -2.34. The third kappa shape index (κ3) is 5.60. The van der Waals surface area contributed by atoms with Gasteiger partial charge in [0.1, 0.15) is 0 Å². The Bertz CT molecular complexity index is 536. The van der Waals surface area contributed by atoms with Crippen molar-refractivity contribution in [2.24, 2.45) is 17.8 Å². The maximum atomic E-state index is 12.3. The van der Waals surface area contributed by atoms with Crippen LogP contribution in [0.15, 0.2) is 24.3 Å². The van der Waals surface area contributed by atoms with Gasteiger partial charge in [0.25, 0.3) is 0 Å². The maximum Gasteiger partial charge on any atom is 0.224 e. The van der Waals surface area contributed by atoms with Gasteiger partial charge in [0.05, 0.1) is 6.61 Å².